The van der Waals surface area contributed by atoms with Crippen molar-refractivity contribution in [3.8, 4) is 11.5 Å². The zero-order valence-corrected chi connectivity index (χ0v) is 23.7. The fraction of sp³-hybridized carbons (Fsp3) is 0.613. The molecule has 7 rings (SSSR count). The van der Waals surface area contributed by atoms with Crippen molar-refractivity contribution in [2.45, 2.75) is 96.1 Å². The molecule has 40 heavy (non-hydrogen) atoms. The molecule has 0 unspecified atom stereocenters. The van der Waals surface area contributed by atoms with E-state index in [0.717, 1.165) is 63.0 Å². The SMILES string of the molecule is Cc1cc(C)c(CN2CC3(CC3)c3c(F)c4c(c(C)c3C2=O)O[C@](C)(C2CCC(NC3COC3)CC2)O4)c(=O)[nH]1. The van der Waals surface area contributed by atoms with Crippen LogP contribution in [0.2, 0.25) is 0 Å². The van der Waals surface area contributed by atoms with E-state index in [1.807, 2.05) is 33.8 Å². The maximum atomic E-state index is 16.4. The maximum Gasteiger partial charge on any atom is 0.255 e. The molecule has 1 spiro atoms. The molecule has 9 heteroatoms. The first kappa shape index (κ1) is 26.0. The summed E-state index contributed by atoms with van der Waals surface area (Å²) < 4.78 is 34.5. The second-order valence-electron chi connectivity index (χ2n) is 12.9. The molecule has 0 radical (unpaired) electrons. The van der Waals surface area contributed by atoms with Gasteiger partial charge in [-0.05, 0) is 70.9 Å². The summed E-state index contributed by atoms with van der Waals surface area (Å²) >= 11 is 0. The number of aromatic nitrogens is 1. The quantitative estimate of drug-likeness (QED) is 0.580. The van der Waals surface area contributed by atoms with Gasteiger partial charge < -0.3 is 29.4 Å². The van der Waals surface area contributed by atoms with Crippen LogP contribution in [-0.2, 0) is 16.7 Å². The summed E-state index contributed by atoms with van der Waals surface area (Å²) in [6.07, 6.45) is 5.43. The summed E-state index contributed by atoms with van der Waals surface area (Å²) in [6.45, 7) is 9.63. The number of pyridine rings is 1. The van der Waals surface area contributed by atoms with E-state index in [0.29, 0.717) is 46.6 Å². The van der Waals surface area contributed by atoms with Crippen LogP contribution < -0.4 is 20.3 Å². The lowest BCUT2D eigenvalue weighted by molar-refractivity contribution is -0.123. The van der Waals surface area contributed by atoms with Crippen molar-refractivity contribution in [2.24, 2.45) is 5.92 Å². The third-order valence-corrected chi connectivity index (χ3v) is 10.00. The smallest absolute Gasteiger partial charge is 0.255 e. The first-order chi connectivity index (χ1) is 19.1. The zero-order chi connectivity index (χ0) is 28.0. The summed E-state index contributed by atoms with van der Waals surface area (Å²) in [6, 6.07) is 2.82. The minimum absolute atomic E-state index is 0.116. The van der Waals surface area contributed by atoms with Crippen LogP contribution in [0.4, 0.5) is 4.39 Å². The lowest BCUT2D eigenvalue weighted by atomic mass is 9.81. The van der Waals surface area contributed by atoms with Crippen LogP contribution in [0.3, 0.4) is 0 Å². The van der Waals surface area contributed by atoms with Gasteiger partial charge in [0.2, 0.25) is 5.75 Å². The van der Waals surface area contributed by atoms with Crippen LogP contribution in [-0.4, -0.2) is 53.4 Å². The van der Waals surface area contributed by atoms with Gasteiger partial charge in [0.05, 0.1) is 31.4 Å². The number of carbonyl (C=O) groups is 1. The van der Waals surface area contributed by atoms with E-state index < -0.39 is 17.0 Å². The summed E-state index contributed by atoms with van der Waals surface area (Å²) in [5.74, 6) is -1.06. The normalized spacial score (nSPS) is 28.5. The van der Waals surface area contributed by atoms with E-state index >= 15 is 4.39 Å². The molecule has 4 heterocycles. The number of H-pyrrole nitrogens is 1. The van der Waals surface area contributed by atoms with Crippen LogP contribution in [0, 0.1) is 32.5 Å². The van der Waals surface area contributed by atoms with E-state index in [1.165, 1.54) is 0 Å². The van der Waals surface area contributed by atoms with Gasteiger partial charge in [-0.1, -0.05) is 0 Å². The number of hydrogen-bond acceptors (Lipinski definition) is 6. The minimum Gasteiger partial charge on any atom is -0.448 e. The minimum atomic E-state index is -0.978. The molecule has 1 amide bonds. The molecule has 0 bridgehead atoms. The van der Waals surface area contributed by atoms with Crippen molar-refractivity contribution in [1.82, 2.24) is 15.2 Å². The van der Waals surface area contributed by atoms with Crippen LogP contribution >= 0.6 is 0 Å². The molecule has 8 nitrogen and oxygen atoms in total. The topological polar surface area (TPSA) is 92.9 Å². The van der Waals surface area contributed by atoms with Crippen LogP contribution in [0.15, 0.2) is 10.9 Å². The van der Waals surface area contributed by atoms with E-state index in [1.54, 1.807) is 4.90 Å². The summed E-state index contributed by atoms with van der Waals surface area (Å²) in [7, 11) is 0. The van der Waals surface area contributed by atoms with Gasteiger partial charge in [0.1, 0.15) is 0 Å². The highest BCUT2D eigenvalue weighted by Gasteiger charge is 2.57. The van der Waals surface area contributed by atoms with Crippen molar-refractivity contribution < 1.29 is 23.4 Å². The van der Waals surface area contributed by atoms with E-state index in [9.17, 15) is 9.59 Å². The predicted octanol–water partition coefficient (Wildman–Crippen LogP) is 4.16. The first-order valence-corrected chi connectivity index (χ1v) is 14.7. The van der Waals surface area contributed by atoms with Crippen molar-refractivity contribution in [3.63, 3.8) is 0 Å². The predicted molar refractivity (Wildman–Crippen MR) is 146 cm³/mol. The highest BCUT2D eigenvalue weighted by atomic mass is 19.1. The Hall–Kier alpha value is -2.91. The van der Waals surface area contributed by atoms with Crippen LogP contribution in [0.1, 0.15) is 83.8 Å². The summed E-state index contributed by atoms with van der Waals surface area (Å²) in [4.78, 5) is 31.3. The number of amides is 1. The third kappa shape index (κ3) is 3.99. The molecule has 5 aliphatic rings. The van der Waals surface area contributed by atoms with Crippen molar-refractivity contribution in [3.05, 3.63) is 55.7 Å². The Labute approximate surface area is 233 Å². The molecule has 1 aromatic heterocycles. The average molecular weight is 552 g/mol. The molecule has 2 N–H and O–H groups in total. The van der Waals surface area contributed by atoms with E-state index in [2.05, 4.69) is 10.3 Å². The number of ether oxygens (including phenoxy) is 3. The summed E-state index contributed by atoms with van der Waals surface area (Å²) in [5.41, 5.74) is 3.05. The number of benzene rings is 1. The second kappa shape index (κ2) is 9.05. The molecule has 3 aliphatic heterocycles. The average Bonchev–Trinajstić information content (AvgIpc) is 3.55. The Morgan fingerprint density at radius 1 is 1.05 bits per heavy atom. The molecule has 1 saturated heterocycles. The monoisotopic (exact) mass is 551 g/mol. The summed E-state index contributed by atoms with van der Waals surface area (Å²) in [5, 5.41) is 3.67. The standard InChI is InChI=1S/C31H38FN3O5/c1-16-11-17(2)33-28(36)22(16)12-35-15-31(9-10-31)24-23(29(35)37)18(3)26-27(25(24)32)40-30(4,39-26)19-5-7-20(8-6-19)34-21-13-38-14-21/h11,19-21,34H,5-10,12-15H2,1-4H3,(H,33,36)/t19?,20?,30-/m0/s1. The zero-order valence-electron chi connectivity index (χ0n) is 23.7. The van der Waals surface area contributed by atoms with E-state index in [4.69, 9.17) is 14.2 Å². The number of aromatic amines is 1. The molecule has 2 aliphatic carbocycles. The Kier molecular flexibility index (Phi) is 5.88. The van der Waals surface area contributed by atoms with Gasteiger partial charge >= 0.3 is 0 Å². The van der Waals surface area contributed by atoms with Crippen molar-refractivity contribution in [1.29, 1.82) is 0 Å². The number of nitrogens with one attached hydrogen (secondary N) is 2. The number of aryl methyl sites for hydroxylation is 2. The number of hydrogen-bond donors (Lipinski definition) is 2. The molecule has 1 atom stereocenters. The molecule has 2 saturated carbocycles. The second-order valence-corrected chi connectivity index (χ2v) is 12.9. The first-order valence-electron chi connectivity index (χ1n) is 14.7. The maximum absolute atomic E-state index is 16.4. The van der Waals surface area contributed by atoms with Gasteiger partial charge in [0.15, 0.2) is 11.6 Å². The fourth-order valence-corrected chi connectivity index (χ4v) is 7.45. The number of fused-ring (bicyclic) bond motifs is 3. The number of carbonyl (C=O) groups excluding carboxylic acids is 1. The van der Waals surface area contributed by atoms with Gasteiger partial charge in [-0.2, -0.15) is 0 Å². The van der Waals surface area contributed by atoms with Gasteiger partial charge in [0.25, 0.3) is 17.3 Å². The Bertz CT molecular complexity index is 1450. The van der Waals surface area contributed by atoms with Gasteiger partial charge in [0, 0.05) is 53.2 Å². The number of nitrogens with zero attached hydrogens (tertiary/aromatic N) is 1. The fourth-order valence-electron chi connectivity index (χ4n) is 7.45. The highest BCUT2D eigenvalue weighted by Crippen LogP contribution is 2.59. The Balaban J connectivity index is 1.17. The van der Waals surface area contributed by atoms with Crippen molar-refractivity contribution >= 4 is 5.91 Å². The Morgan fingerprint density at radius 3 is 2.38 bits per heavy atom. The molecular weight excluding hydrogens is 513 g/mol. The molecule has 214 valence electrons. The van der Waals surface area contributed by atoms with Gasteiger partial charge in [-0.15, -0.1) is 0 Å². The molecular formula is C31H38FN3O5. The van der Waals surface area contributed by atoms with Gasteiger partial charge in [-0.25, -0.2) is 4.39 Å². The lowest BCUT2D eigenvalue weighted by Crippen LogP contribution is -2.53. The molecule has 1 aromatic carbocycles. The Morgan fingerprint density at radius 2 is 1.75 bits per heavy atom. The molecule has 3 fully saturated rings. The number of rotatable bonds is 5. The lowest BCUT2D eigenvalue weighted by Gasteiger charge is -2.39. The number of halogens is 1. The van der Waals surface area contributed by atoms with Crippen LogP contribution in [0.5, 0.6) is 11.5 Å². The molecule has 2 aromatic rings. The van der Waals surface area contributed by atoms with Crippen molar-refractivity contribution in [2.75, 3.05) is 19.8 Å². The van der Waals surface area contributed by atoms with E-state index in [-0.39, 0.29) is 29.7 Å². The van der Waals surface area contributed by atoms with Crippen LogP contribution in [0.25, 0.3) is 0 Å². The third-order valence-electron chi connectivity index (χ3n) is 10.00. The largest absolute Gasteiger partial charge is 0.448 e. The highest BCUT2D eigenvalue weighted by molar-refractivity contribution is 6.00. The van der Waals surface area contributed by atoms with Gasteiger partial charge in [-0.3, -0.25) is 9.59 Å².